The Labute approximate surface area is 177 Å². The average molecular weight is 446 g/mol. The quantitative estimate of drug-likeness (QED) is 0.446. The standard InChI is InChI=1S/C19H12ClN3O4S2/c1-27-14-6-9(2-4-11(14)20)17-16(19(25)26)13(8-28-17)21-18(24)10-3-5-12-15(7-10)29-23-22-12/h2-8H,1H3,(H,21,24)(H,25,26). The highest BCUT2D eigenvalue weighted by Crippen LogP contribution is 2.39. The maximum absolute atomic E-state index is 12.7. The van der Waals surface area contributed by atoms with E-state index in [9.17, 15) is 14.7 Å². The number of thiophene rings is 1. The van der Waals surface area contributed by atoms with Crippen molar-refractivity contribution in [3.05, 3.63) is 57.9 Å². The van der Waals surface area contributed by atoms with Crippen LogP contribution in [0.4, 0.5) is 5.69 Å². The molecule has 0 spiro atoms. The minimum absolute atomic E-state index is 0.00765. The Bertz CT molecular complexity index is 1250. The molecule has 2 heterocycles. The Morgan fingerprint density at radius 2 is 2.03 bits per heavy atom. The Morgan fingerprint density at radius 3 is 2.79 bits per heavy atom. The van der Waals surface area contributed by atoms with Crippen molar-refractivity contribution in [2.75, 3.05) is 12.4 Å². The van der Waals surface area contributed by atoms with Crippen molar-refractivity contribution in [2.24, 2.45) is 0 Å². The molecule has 0 bridgehead atoms. The number of aromatic carboxylic acids is 1. The van der Waals surface area contributed by atoms with Gasteiger partial charge in [-0.1, -0.05) is 22.2 Å². The molecule has 0 radical (unpaired) electrons. The molecule has 29 heavy (non-hydrogen) atoms. The molecular formula is C19H12ClN3O4S2. The SMILES string of the molecule is COc1cc(-c2scc(NC(=O)c3ccc4nnsc4c3)c2C(=O)O)ccc1Cl. The Hall–Kier alpha value is -3.01. The van der Waals surface area contributed by atoms with Crippen LogP contribution in [0.15, 0.2) is 41.8 Å². The number of carbonyl (C=O) groups excluding carboxylic acids is 1. The van der Waals surface area contributed by atoms with Gasteiger partial charge in [-0.3, -0.25) is 4.79 Å². The number of rotatable bonds is 5. The van der Waals surface area contributed by atoms with Crippen LogP contribution in [-0.4, -0.2) is 33.7 Å². The minimum Gasteiger partial charge on any atom is -0.495 e. The highest BCUT2D eigenvalue weighted by atomic mass is 35.5. The van der Waals surface area contributed by atoms with E-state index in [-0.39, 0.29) is 11.3 Å². The maximum Gasteiger partial charge on any atom is 0.339 e. The van der Waals surface area contributed by atoms with E-state index < -0.39 is 11.9 Å². The molecule has 0 saturated heterocycles. The Kier molecular flexibility index (Phi) is 5.18. The van der Waals surface area contributed by atoms with Crippen LogP contribution >= 0.6 is 34.5 Å². The van der Waals surface area contributed by atoms with Gasteiger partial charge in [0.25, 0.3) is 5.91 Å². The topological polar surface area (TPSA) is 101 Å². The summed E-state index contributed by atoms with van der Waals surface area (Å²) in [6.07, 6.45) is 0. The zero-order chi connectivity index (χ0) is 20.5. The number of nitrogens with one attached hydrogen (secondary N) is 1. The van der Waals surface area contributed by atoms with Gasteiger partial charge in [-0.05, 0) is 47.4 Å². The fourth-order valence-corrected chi connectivity index (χ4v) is 4.57. The van der Waals surface area contributed by atoms with Gasteiger partial charge >= 0.3 is 5.97 Å². The van der Waals surface area contributed by atoms with Crippen molar-refractivity contribution in [3.63, 3.8) is 0 Å². The highest BCUT2D eigenvalue weighted by molar-refractivity contribution is 7.14. The Balaban J connectivity index is 1.69. The molecule has 0 unspecified atom stereocenters. The molecule has 2 N–H and O–H groups in total. The molecule has 0 atom stereocenters. The molecule has 146 valence electrons. The molecule has 2 aromatic heterocycles. The van der Waals surface area contributed by atoms with E-state index in [1.807, 2.05) is 0 Å². The summed E-state index contributed by atoms with van der Waals surface area (Å²) in [7, 11) is 1.48. The van der Waals surface area contributed by atoms with E-state index in [4.69, 9.17) is 16.3 Å². The number of carbonyl (C=O) groups is 2. The number of methoxy groups -OCH3 is 1. The first-order valence-corrected chi connectivity index (χ1v) is 10.2. The van der Waals surface area contributed by atoms with Crippen molar-refractivity contribution in [2.45, 2.75) is 0 Å². The van der Waals surface area contributed by atoms with Gasteiger partial charge < -0.3 is 15.2 Å². The van der Waals surface area contributed by atoms with Gasteiger partial charge in [0.2, 0.25) is 0 Å². The molecule has 7 nitrogen and oxygen atoms in total. The third kappa shape index (κ3) is 3.67. The van der Waals surface area contributed by atoms with Gasteiger partial charge in [0.1, 0.15) is 16.8 Å². The number of amides is 1. The van der Waals surface area contributed by atoms with Crippen molar-refractivity contribution < 1.29 is 19.4 Å². The van der Waals surface area contributed by atoms with Crippen molar-refractivity contribution in [3.8, 4) is 16.2 Å². The number of hydrogen-bond donors (Lipinski definition) is 2. The van der Waals surface area contributed by atoms with Crippen LogP contribution in [0.25, 0.3) is 20.7 Å². The number of fused-ring (bicyclic) bond motifs is 1. The summed E-state index contributed by atoms with van der Waals surface area (Å²) in [5.41, 5.74) is 1.95. The molecule has 1 amide bonds. The number of carboxylic acid groups (broad SMARTS) is 1. The van der Waals surface area contributed by atoms with Gasteiger partial charge in [0, 0.05) is 10.9 Å². The molecular weight excluding hydrogens is 434 g/mol. The molecule has 0 aliphatic heterocycles. The number of anilines is 1. The third-order valence-corrected chi connectivity index (χ3v) is 6.20. The maximum atomic E-state index is 12.7. The van der Waals surface area contributed by atoms with E-state index >= 15 is 0 Å². The fourth-order valence-electron chi connectivity index (χ4n) is 2.79. The minimum atomic E-state index is -1.15. The van der Waals surface area contributed by atoms with Crippen molar-refractivity contribution in [1.29, 1.82) is 0 Å². The lowest BCUT2D eigenvalue weighted by Crippen LogP contribution is -2.13. The predicted octanol–water partition coefficient (Wildman–Crippen LogP) is 5.03. The number of benzene rings is 2. The summed E-state index contributed by atoms with van der Waals surface area (Å²) in [4.78, 5) is 25.1. The first-order chi connectivity index (χ1) is 14.0. The first-order valence-electron chi connectivity index (χ1n) is 8.20. The van der Waals surface area contributed by atoms with Crippen LogP contribution < -0.4 is 10.1 Å². The van der Waals surface area contributed by atoms with Crippen LogP contribution in [0.3, 0.4) is 0 Å². The smallest absolute Gasteiger partial charge is 0.339 e. The average Bonchev–Trinajstić information content (AvgIpc) is 3.34. The van der Waals surface area contributed by atoms with Crippen LogP contribution in [-0.2, 0) is 0 Å². The Morgan fingerprint density at radius 1 is 1.21 bits per heavy atom. The van der Waals surface area contributed by atoms with Crippen LogP contribution in [0.2, 0.25) is 5.02 Å². The molecule has 0 saturated carbocycles. The van der Waals surface area contributed by atoms with Gasteiger partial charge in [0.05, 0.1) is 27.4 Å². The van der Waals surface area contributed by atoms with E-state index in [2.05, 4.69) is 14.9 Å². The van der Waals surface area contributed by atoms with Crippen LogP contribution in [0.1, 0.15) is 20.7 Å². The second-order valence-corrected chi connectivity index (χ2v) is 7.99. The summed E-state index contributed by atoms with van der Waals surface area (Å²) in [5.74, 6) is -1.13. The van der Waals surface area contributed by atoms with Crippen LogP contribution in [0, 0.1) is 0 Å². The summed E-state index contributed by atoms with van der Waals surface area (Å²) >= 11 is 8.45. The van der Waals surface area contributed by atoms with Crippen molar-refractivity contribution >= 4 is 62.3 Å². The molecule has 4 rings (SSSR count). The number of nitrogens with zero attached hydrogens (tertiary/aromatic N) is 2. The summed E-state index contributed by atoms with van der Waals surface area (Å²) < 4.78 is 9.83. The van der Waals surface area contributed by atoms with E-state index in [0.29, 0.717) is 32.3 Å². The zero-order valence-corrected chi connectivity index (χ0v) is 17.2. The second-order valence-electron chi connectivity index (χ2n) is 5.92. The lowest BCUT2D eigenvalue weighted by Gasteiger charge is -2.08. The fraction of sp³-hybridized carbons (Fsp3) is 0.0526. The van der Waals surface area contributed by atoms with Crippen molar-refractivity contribution in [1.82, 2.24) is 9.59 Å². The predicted molar refractivity (Wildman–Crippen MR) is 114 cm³/mol. The number of aromatic nitrogens is 2. The normalized spacial score (nSPS) is 10.8. The molecule has 4 aromatic rings. The summed E-state index contributed by atoms with van der Waals surface area (Å²) in [5, 5.41) is 18.4. The molecule has 10 heteroatoms. The van der Waals surface area contributed by atoms with E-state index in [1.165, 1.54) is 30.0 Å². The second kappa shape index (κ2) is 7.78. The van der Waals surface area contributed by atoms with Gasteiger partial charge in [-0.15, -0.1) is 16.4 Å². The lowest BCUT2D eigenvalue weighted by molar-refractivity contribution is 0.0699. The van der Waals surface area contributed by atoms with E-state index in [0.717, 1.165) is 4.70 Å². The lowest BCUT2D eigenvalue weighted by atomic mass is 10.1. The first kappa shape index (κ1) is 19.3. The molecule has 0 aliphatic rings. The number of hydrogen-bond acceptors (Lipinski definition) is 7. The third-order valence-electron chi connectivity index (χ3n) is 4.18. The summed E-state index contributed by atoms with van der Waals surface area (Å²) in [6, 6.07) is 10.0. The number of carboxylic acids is 1. The molecule has 0 fully saturated rings. The number of ether oxygens (including phenoxy) is 1. The largest absolute Gasteiger partial charge is 0.495 e. The molecule has 2 aromatic carbocycles. The highest BCUT2D eigenvalue weighted by Gasteiger charge is 2.22. The number of halogens is 1. The van der Waals surface area contributed by atoms with Crippen LogP contribution in [0.5, 0.6) is 5.75 Å². The summed E-state index contributed by atoms with van der Waals surface area (Å²) in [6.45, 7) is 0. The monoisotopic (exact) mass is 445 g/mol. The van der Waals surface area contributed by atoms with Gasteiger partial charge in [-0.2, -0.15) is 0 Å². The van der Waals surface area contributed by atoms with E-state index in [1.54, 1.807) is 41.8 Å². The van der Waals surface area contributed by atoms with Gasteiger partial charge in [0.15, 0.2) is 0 Å². The zero-order valence-electron chi connectivity index (χ0n) is 14.8. The van der Waals surface area contributed by atoms with Gasteiger partial charge in [-0.25, -0.2) is 4.79 Å². The molecule has 0 aliphatic carbocycles.